The highest BCUT2D eigenvalue weighted by Gasteiger charge is 2.34. The number of nitrogens with zero attached hydrogens (tertiary/aromatic N) is 1. The zero-order chi connectivity index (χ0) is 14.1. The summed E-state index contributed by atoms with van der Waals surface area (Å²) in [7, 11) is 0. The molecule has 0 radical (unpaired) electrons. The van der Waals surface area contributed by atoms with Crippen LogP contribution in [0.25, 0.3) is 0 Å². The first-order valence-corrected chi connectivity index (χ1v) is 8.00. The molecule has 108 valence electrons. The fourth-order valence-corrected chi connectivity index (χ4v) is 3.25. The van der Waals surface area contributed by atoms with Crippen LogP contribution in [0, 0.1) is 5.92 Å². The van der Waals surface area contributed by atoms with Crippen molar-refractivity contribution in [1.82, 2.24) is 10.2 Å². The van der Waals surface area contributed by atoms with Crippen LogP contribution in [0.1, 0.15) is 29.6 Å². The molecular formula is C15H20BrN3O. The molecule has 1 aromatic carbocycles. The Hall–Kier alpha value is -1.07. The monoisotopic (exact) mass is 337 g/mol. The first-order valence-electron chi connectivity index (χ1n) is 7.21. The van der Waals surface area contributed by atoms with Gasteiger partial charge in [-0.2, -0.15) is 0 Å². The van der Waals surface area contributed by atoms with E-state index in [0.717, 1.165) is 23.6 Å². The van der Waals surface area contributed by atoms with Crippen molar-refractivity contribution in [2.45, 2.75) is 25.3 Å². The summed E-state index contributed by atoms with van der Waals surface area (Å²) < 4.78 is 0.891. The molecule has 0 spiro atoms. The van der Waals surface area contributed by atoms with Gasteiger partial charge in [-0.05, 0) is 49.9 Å². The summed E-state index contributed by atoms with van der Waals surface area (Å²) in [5, 5.41) is 3.02. The van der Waals surface area contributed by atoms with Crippen molar-refractivity contribution in [3.63, 3.8) is 0 Å². The number of nitrogens with one attached hydrogen (secondary N) is 1. The number of nitrogens with two attached hydrogens (primary N) is 1. The van der Waals surface area contributed by atoms with E-state index in [0.29, 0.717) is 17.2 Å². The molecular weight excluding hydrogens is 318 g/mol. The minimum absolute atomic E-state index is 0.0696. The molecule has 1 unspecified atom stereocenters. The topological polar surface area (TPSA) is 58.4 Å². The number of hydrogen-bond acceptors (Lipinski definition) is 3. The molecule has 1 amide bonds. The zero-order valence-corrected chi connectivity index (χ0v) is 13.0. The fourth-order valence-electron chi connectivity index (χ4n) is 2.87. The van der Waals surface area contributed by atoms with Gasteiger partial charge in [-0.3, -0.25) is 4.79 Å². The van der Waals surface area contributed by atoms with E-state index in [2.05, 4.69) is 26.1 Å². The van der Waals surface area contributed by atoms with Crippen LogP contribution in [-0.4, -0.2) is 36.5 Å². The van der Waals surface area contributed by atoms with Crippen molar-refractivity contribution in [3.05, 3.63) is 28.2 Å². The van der Waals surface area contributed by atoms with Crippen LogP contribution in [0.2, 0.25) is 0 Å². The highest BCUT2D eigenvalue weighted by molar-refractivity contribution is 9.10. The number of likely N-dealkylation sites (tertiary alicyclic amines) is 1. The van der Waals surface area contributed by atoms with E-state index >= 15 is 0 Å². The lowest BCUT2D eigenvalue weighted by atomic mass is 10.1. The van der Waals surface area contributed by atoms with Gasteiger partial charge in [0.05, 0.1) is 5.56 Å². The molecule has 5 heteroatoms. The summed E-state index contributed by atoms with van der Waals surface area (Å²) in [4.78, 5) is 14.7. The number of hydrogen-bond donors (Lipinski definition) is 2. The van der Waals surface area contributed by atoms with Gasteiger partial charge in [-0.25, -0.2) is 0 Å². The van der Waals surface area contributed by atoms with Crippen LogP contribution < -0.4 is 11.1 Å². The minimum atomic E-state index is -0.0696. The Morgan fingerprint density at radius 2 is 2.20 bits per heavy atom. The molecule has 4 nitrogen and oxygen atoms in total. The van der Waals surface area contributed by atoms with E-state index < -0.39 is 0 Å². The van der Waals surface area contributed by atoms with E-state index in [4.69, 9.17) is 5.73 Å². The smallest absolute Gasteiger partial charge is 0.253 e. The van der Waals surface area contributed by atoms with E-state index in [1.165, 1.54) is 25.8 Å². The lowest BCUT2D eigenvalue weighted by molar-refractivity contribution is 0.0948. The van der Waals surface area contributed by atoms with Gasteiger partial charge in [-0.15, -0.1) is 0 Å². The molecule has 1 aromatic rings. The SMILES string of the molecule is Nc1cc(Br)ccc1C(=O)NCC1CCN(C2CC2)C1. The summed E-state index contributed by atoms with van der Waals surface area (Å²) in [6, 6.07) is 6.20. The third kappa shape index (κ3) is 3.15. The maximum absolute atomic E-state index is 12.1. The maximum Gasteiger partial charge on any atom is 0.253 e. The minimum Gasteiger partial charge on any atom is -0.398 e. The summed E-state index contributed by atoms with van der Waals surface area (Å²) in [6.45, 7) is 3.06. The Kier molecular flexibility index (Phi) is 3.98. The van der Waals surface area contributed by atoms with Crippen molar-refractivity contribution in [3.8, 4) is 0 Å². The number of nitrogen functional groups attached to an aromatic ring is 1. The van der Waals surface area contributed by atoms with Gasteiger partial charge >= 0.3 is 0 Å². The Bertz CT molecular complexity index is 516. The number of carbonyl (C=O) groups is 1. The third-order valence-corrected chi connectivity index (χ3v) is 4.68. The quantitative estimate of drug-likeness (QED) is 0.828. The van der Waals surface area contributed by atoms with E-state index in [1.54, 1.807) is 12.1 Å². The predicted molar refractivity (Wildman–Crippen MR) is 83.6 cm³/mol. The number of benzene rings is 1. The summed E-state index contributed by atoms with van der Waals surface area (Å²) in [6.07, 6.45) is 3.90. The van der Waals surface area contributed by atoms with Crippen molar-refractivity contribution in [2.24, 2.45) is 5.92 Å². The van der Waals surface area contributed by atoms with Gasteiger partial charge in [0.25, 0.3) is 5.91 Å². The highest BCUT2D eigenvalue weighted by atomic mass is 79.9. The van der Waals surface area contributed by atoms with Crippen molar-refractivity contribution in [1.29, 1.82) is 0 Å². The first kappa shape index (κ1) is 13.9. The van der Waals surface area contributed by atoms with Gasteiger partial charge in [-0.1, -0.05) is 15.9 Å². The molecule has 2 fully saturated rings. The van der Waals surface area contributed by atoms with Gasteiger partial charge in [0.15, 0.2) is 0 Å². The lowest BCUT2D eigenvalue weighted by Crippen LogP contribution is -2.31. The molecule has 3 N–H and O–H groups in total. The van der Waals surface area contributed by atoms with Crippen molar-refractivity contribution in [2.75, 3.05) is 25.4 Å². The van der Waals surface area contributed by atoms with Crippen LogP contribution in [-0.2, 0) is 0 Å². The number of rotatable bonds is 4. The zero-order valence-electron chi connectivity index (χ0n) is 11.4. The Labute approximate surface area is 127 Å². The molecule has 1 aliphatic carbocycles. The number of halogens is 1. The summed E-state index contributed by atoms with van der Waals surface area (Å²) in [5.41, 5.74) is 6.95. The van der Waals surface area contributed by atoms with Gasteiger partial charge in [0.2, 0.25) is 0 Å². The second-order valence-corrected chi connectivity index (χ2v) is 6.74. The number of anilines is 1. The predicted octanol–water partition coefficient (Wildman–Crippen LogP) is 2.25. The molecule has 20 heavy (non-hydrogen) atoms. The summed E-state index contributed by atoms with van der Waals surface area (Å²) >= 11 is 3.35. The molecule has 3 rings (SSSR count). The number of carbonyl (C=O) groups excluding carboxylic acids is 1. The first-order chi connectivity index (χ1) is 9.63. The normalized spacial score (nSPS) is 22.9. The van der Waals surface area contributed by atoms with Crippen LogP contribution in [0.5, 0.6) is 0 Å². The second kappa shape index (κ2) is 5.74. The Balaban J connectivity index is 1.51. The van der Waals surface area contributed by atoms with Crippen molar-refractivity contribution < 1.29 is 4.79 Å². The average molecular weight is 338 g/mol. The maximum atomic E-state index is 12.1. The Morgan fingerprint density at radius 3 is 2.90 bits per heavy atom. The highest BCUT2D eigenvalue weighted by Crippen LogP contribution is 2.31. The average Bonchev–Trinajstić information content (AvgIpc) is 3.15. The molecule has 0 aromatic heterocycles. The van der Waals surface area contributed by atoms with Crippen LogP contribution >= 0.6 is 15.9 Å². The molecule has 2 aliphatic rings. The number of amides is 1. The van der Waals surface area contributed by atoms with E-state index in [-0.39, 0.29) is 5.91 Å². The van der Waals surface area contributed by atoms with Gasteiger partial charge in [0, 0.05) is 29.3 Å². The van der Waals surface area contributed by atoms with E-state index in [9.17, 15) is 4.79 Å². The Morgan fingerprint density at radius 1 is 1.40 bits per heavy atom. The third-order valence-electron chi connectivity index (χ3n) is 4.19. The van der Waals surface area contributed by atoms with Gasteiger partial charge < -0.3 is 16.0 Å². The second-order valence-electron chi connectivity index (χ2n) is 5.82. The van der Waals surface area contributed by atoms with Crippen molar-refractivity contribution >= 4 is 27.5 Å². The van der Waals surface area contributed by atoms with E-state index in [1.807, 2.05) is 6.07 Å². The molecule has 0 bridgehead atoms. The molecule has 1 aliphatic heterocycles. The van der Waals surface area contributed by atoms with Crippen LogP contribution in [0.4, 0.5) is 5.69 Å². The van der Waals surface area contributed by atoms with Gasteiger partial charge in [0.1, 0.15) is 0 Å². The fraction of sp³-hybridized carbons (Fsp3) is 0.533. The lowest BCUT2D eigenvalue weighted by Gasteiger charge is -2.15. The largest absolute Gasteiger partial charge is 0.398 e. The summed E-state index contributed by atoms with van der Waals surface area (Å²) in [5.74, 6) is 0.510. The molecule has 1 saturated heterocycles. The van der Waals surface area contributed by atoms with Crippen LogP contribution in [0.15, 0.2) is 22.7 Å². The molecule has 1 atom stereocenters. The molecule has 1 heterocycles. The molecule has 1 saturated carbocycles. The van der Waals surface area contributed by atoms with Crippen LogP contribution in [0.3, 0.4) is 0 Å². The standard InChI is InChI=1S/C15H20BrN3O/c16-11-1-4-13(14(17)7-11)15(20)18-8-10-5-6-19(9-10)12-2-3-12/h1,4,7,10,12H,2-3,5-6,8-9,17H2,(H,18,20).